The average molecular weight is 1550 g/mol. The predicted octanol–water partition coefficient (Wildman–Crippen LogP) is 13.7. The van der Waals surface area contributed by atoms with Gasteiger partial charge in [0.15, 0.2) is 0 Å². The second-order valence-electron chi connectivity index (χ2n) is 27.3. The van der Waals surface area contributed by atoms with E-state index < -0.39 is 11.8 Å². The number of hydrogen-bond donors (Lipinski definition) is 3. The minimum absolute atomic E-state index is 0.0169. The molecule has 29 heteroatoms. The number of nitrogens with zero attached hydrogens (tertiary/aromatic N) is 15. The first kappa shape index (κ1) is 79.2. The highest BCUT2D eigenvalue weighted by atomic mass is 19.3. The van der Waals surface area contributed by atoms with Crippen LogP contribution in [0, 0.1) is 25.7 Å². The fourth-order valence-corrected chi connectivity index (χ4v) is 14.3. The molecule has 12 heterocycles. The molecule has 12 aromatic rings. The maximum Gasteiger partial charge on any atom is 0.298 e. The van der Waals surface area contributed by atoms with Crippen LogP contribution in [0.2, 0.25) is 0 Å². The fourth-order valence-electron chi connectivity index (χ4n) is 14.3. The van der Waals surface area contributed by atoms with E-state index in [0.29, 0.717) is 116 Å². The monoisotopic (exact) mass is 1550 g/mol. The lowest BCUT2D eigenvalue weighted by atomic mass is 10.1. The lowest BCUT2D eigenvalue weighted by molar-refractivity contribution is -0.127. The van der Waals surface area contributed by atoms with Crippen LogP contribution in [0.25, 0.3) is 50.3 Å². The van der Waals surface area contributed by atoms with Crippen molar-refractivity contribution >= 4 is 69.4 Å². The van der Waals surface area contributed by atoms with Crippen molar-refractivity contribution in [3.05, 3.63) is 241 Å². The Kier molecular flexibility index (Phi) is 24.2. The van der Waals surface area contributed by atoms with Crippen molar-refractivity contribution in [1.82, 2.24) is 72.8 Å². The standard InChI is InChI=1S/C29H28F2N6O3.C29H28N6O3.C28H28N6O3/c1-4-24(38)36-14-6-7-21(36)27-35-26(22-16-32-17-25(37(22)27)40-5-2)18-8-10-19(11-9-18)28(39)34-23-15-20(12-13-33-23)29(3,30)31;1-4-8-24(36)34-16-14-22(18-34)28-33-26(27-19(3)31-17-25(35(27)28)38-5-2)20-10-12-21(13-11-20)29(37)32-23-9-6-7-15-30-23;1-4-23(35)33-15-13-21(17-33)27-32-25(26-18(3)30-16-24(34(26)27)37-5-2)19-9-11-20(12-10-19)28(36)31-22-8-6-7-14-29-22/h4,8-13,15-17,21H,1,5-7,14H2,2-3H3,(H,33,34,39);6-7,9-13,15,17,22H,5,14,16,18H2,1-3H3,(H,30,32,37);4,6-12,14,16,21H,1,5,13,15,17H2,2-3H3,(H,29,31,36)/t21-;22-;21-/m011/s1. The number of halogens is 2. The Labute approximate surface area is 661 Å². The van der Waals surface area contributed by atoms with Crippen molar-refractivity contribution in [2.24, 2.45) is 0 Å². The van der Waals surface area contributed by atoms with E-state index >= 15 is 0 Å². The molecule has 115 heavy (non-hydrogen) atoms. The summed E-state index contributed by atoms with van der Waals surface area (Å²) in [7, 11) is 0. The zero-order valence-electron chi connectivity index (χ0n) is 64.5. The van der Waals surface area contributed by atoms with Crippen LogP contribution in [0.15, 0.2) is 190 Å². The number of aryl methyl sites for hydroxylation is 2. The Morgan fingerprint density at radius 3 is 1.46 bits per heavy atom. The number of amides is 6. The molecule has 0 radical (unpaired) electrons. The van der Waals surface area contributed by atoms with Crippen molar-refractivity contribution < 1.29 is 51.8 Å². The number of fused-ring (bicyclic) bond motifs is 3. The van der Waals surface area contributed by atoms with E-state index in [1.807, 2.05) is 84.2 Å². The fraction of sp³-hybridized carbons (Fsp3) is 0.267. The lowest BCUT2D eigenvalue weighted by Gasteiger charge is -2.23. The number of ether oxygens (including phenoxy) is 3. The molecule has 27 nitrogen and oxygen atoms in total. The number of nitrogens with one attached hydrogen (secondary N) is 3. The number of benzene rings is 3. The zero-order valence-corrected chi connectivity index (χ0v) is 64.5. The van der Waals surface area contributed by atoms with E-state index in [1.165, 1.54) is 24.4 Å². The van der Waals surface area contributed by atoms with Crippen LogP contribution in [-0.2, 0) is 20.3 Å². The van der Waals surface area contributed by atoms with E-state index in [4.69, 9.17) is 29.2 Å². The summed E-state index contributed by atoms with van der Waals surface area (Å²) in [6.07, 6.45) is 17.0. The maximum absolute atomic E-state index is 13.7. The smallest absolute Gasteiger partial charge is 0.298 e. The Balaban J connectivity index is 0.000000150. The maximum atomic E-state index is 13.7. The SMILES string of the molecule is C=CC(=O)N1CCC[C@H]1c1nc(-c2ccc(C(=O)Nc3cc(C(C)(F)F)ccn3)cc2)c2cncc(OCC)n12.C=CC(=O)N1CC[C@@H](c2nc(-c3ccc(C(=O)Nc4ccccn4)cc3)c3c(C)ncc(OCC)n23)C1.CC#CC(=O)N1CC[C@@H](c2nc(-c3ccc(C(=O)Nc4ccccn4)cc3)c3c(C)ncc(OCC)n23)C1. The molecule has 0 unspecified atom stereocenters. The Morgan fingerprint density at radius 1 is 0.530 bits per heavy atom. The van der Waals surface area contributed by atoms with Gasteiger partial charge in [0.05, 0.1) is 95.7 Å². The largest absolute Gasteiger partial charge is 0.478 e. The summed E-state index contributed by atoms with van der Waals surface area (Å²) in [5.74, 6) is 5.99. The van der Waals surface area contributed by atoms with Crippen molar-refractivity contribution in [1.29, 1.82) is 0 Å². The van der Waals surface area contributed by atoms with Crippen molar-refractivity contribution in [3.63, 3.8) is 0 Å². The van der Waals surface area contributed by atoms with Crippen LogP contribution in [0.1, 0.15) is 144 Å². The summed E-state index contributed by atoms with van der Waals surface area (Å²) in [4.78, 5) is 122. The van der Waals surface area contributed by atoms with Gasteiger partial charge in [-0.1, -0.05) is 67.6 Å². The molecule has 0 bridgehead atoms. The molecule has 0 spiro atoms. The van der Waals surface area contributed by atoms with Gasteiger partial charge in [0.2, 0.25) is 29.5 Å². The number of hydrogen-bond acceptors (Lipinski definition) is 18. The van der Waals surface area contributed by atoms with Crippen LogP contribution < -0.4 is 30.2 Å². The molecule has 3 aliphatic rings. The van der Waals surface area contributed by atoms with Gasteiger partial charge in [-0.05, 0) is 158 Å². The number of anilines is 3. The molecule has 9 aromatic heterocycles. The predicted molar refractivity (Wildman–Crippen MR) is 430 cm³/mol. The van der Waals surface area contributed by atoms with Crippen molar-refractivity contribution in [2.45, 2.75) is 97.9 Å². The number of carbonyl (C=O) groups is 6. The summed E-state index contributed by atoms with van der Waals surface area (Å²) in [5.41, 5.74) is 9.65. The van der Waals surface area contributed by atoms with Crippen LogP contribution in [0.4, 0.5) is 26.2 Å². The van der Waals surface area contributed by atoms with Gasteiger partial charge >= 0.3 is 0 Å². The quantitative estimate of drug-likeness (QED) is 0.0445. The lowest BCUT2D eigenvalue weighted by Crippen LogP contribution is -2.30. The third-order valence-corrected chi connectivity index (χ3v) is 19.8. The molecular formula is C86H84F2N18O9. The summed E-state index contributed by atoms with van der Waals surface area (Å²) >= 11 is 0. The number of carbonyl (C=O) groups excluding carboxylic acids is 6. The number of imidazole rings is 3. The third kappa shape index (κ3) is 17.3. The number of pyridine rings is 3. The van der Waals surface area contributed by atoms with Gasteiger partial charge in [-0.15, -0.1) is 0 Å². The second kappa shape index (κ2) is 35.2. The molecule has 3 N–H and O–H groups in total. The van der Waals surface area contributed by atoms with E-state index in [-0.39, 0.29) is 58.8 Å². The van der Waals surface area contributed by atoms with Gasteiger partial charge in [-0.2, -0.15) is 0 Å². The highest BCUT2D eigenvalue weighted by Crippen LogP contribution is 2.41. The minimum Gasteiger partial charge on any atom is -0.478 e. The van der Waals surface area contributed by atoms with Gasteiger partial charge < -0.3 is 44.9 Å². The first-order valence-electron chi connectivity index (χ1n) is 37.7. The normalized spacial score (nSPS) is 15.0. The molecule has 3 aromatic carbocycles. The van der Waals surface area contributed by atoms with Gasteiger partial charge in [0.25, 0.3) is 29.6 Å². The number of rotatable bonds is 21. The highest BCUT2D eigenvalue weighted by molar-refractivity contribution is 6.06. The van der Waals surface area contributed by atoms with Crippen LogP contribution >= 0.6 is 0 Å². The second-order valence-corrected chi connectivity index (χ2v) is 27.3. The first-order valence-corrected chi connectivity index (χ1v) is 37.7. The molecule has 0 aliphatic carbocycles. The van der Waals surface area contributed by atoms with E-state index in [1.54, 1.807) is 132 Å². The topological polar surface area (TPSA) is 305 Å². The molecular weight excluding hydrogens is 1470 g/mol. The molecule has 0 saturated carbocycles. The molecule has 6 amide bonds. The summed E-state index contributed by atoms with van der Waals surface area (Å²) in [6, 6.07) is 34.1. The Bertz CT molecular complexity index is 5700. The molecule has 3 aliphatic heterocycles. The molecule has 3 fully saturated rings. The van der Waals surface area contributed by atoms with Gasteiger partial charge in [-0.25, -0.2) is 38.7 Å². The van der Waals surface area contributed by atoms with Crippen LogP contribution in [0.3, 0.4) is 0 Å². The Morgan fingerprint density at radius 2 is 0.991 bits per heavy atom. The molecule has 15 rings (SSSR count). The van der Waals surface area contributed by atoms with Crippen LogP contribution in [-0.4, -0.2) is 161 Å². The minimum atomic E-state index is -3.05. The number of aromatic nitrogens is 12. The van der Waals surface area contributed by atoms with Crippen LogP contribution in [0.5, 0.6) is 17.6 Å². The van der Waals surface area contributed by atoms with E-state index in [2.05, 4.69) is 70.9 Å². The van der Waals surface area contributed by atoms with E-state index in [9.17, 15) is 37.5 Å². The molecule has 3 atom stereocenters. The third-order valence-electron chi connectivity index (χ3n) is 19.8. The summed E-state index contributed by atoms with van der Waals surface area (Å²) < 4.78 is 51.0. The summed E-state index contributed by atoms with van der Waals surface area (Å²) in [6.45, 7) is 23.7. The Hall–Kier alpha value is -13.9. The molecule has 586 valence electrons. The van der Waals surface area contributed by atoms with Crippen molar-refractivity contribution in [2.75, 3.05) is 68.5 Å². The highest BCUT2D eigenvalue weighted by Gasteiger charge is 2.37. The average Bonchev–Trinajstić information content (AvgIpc) is 1.61. The number of alkyl halides is 2. The molecule has 3 saturated heterocycles. The summed E-state index contributed by atoms with van der Waals surface area (Å²) in [5, 5.41) is 8.17. The van der Waals surface area contributed by atoms with Crippen molar-refractivity contribution in [3.8, 4) is 63.3 Å². The van der Waals surface area contributed by atoms with Gasteiger partial charge in [0.1, 0.15) is 34.9 Å². The van der Waals surface area contributed by atoms with Gasteiger partial charge in [0, 0.05) is 109 Å². The number of likely N-dealkylation sites (tertiary alicyclic amines) is 3. The first-order chi connectivity index (χ1) is 55.7. The van der Waals surface area contributed by atoms with E-state index in [0.717, 1.165) is 101 Å². The van der Waals surface area contributed by atoms with Gasteiger partial charge in [-0.3, -0.25) is 56.9 Å². The zero-order chi connectivity index (χ0) is 81.0.